The Labute approximate surface area is 124 Å². The van der Waals surface area contributed by atoms with Crippen molar-refractivity contribution in [3.05, 3.63) is 0 Å². The van der Waals surface area contributed by atoms with E-state index in [1.807, 2.05) is 13.8 Å². The third kappa shape index (κ3) is 3.53. The molecule has 0 aromatic rings. The fourth-order valence-corrected chi connectivity index (χ4v) is 2.96. The van der Waals surface area contributed by atoms with Gasteiger partial charge in [-0.3, -0.25) is 14.4 Å². The second kappa shape index (κ2) is 6.43. The van der Waals surface area contributed by atoms with Gasteiger partial charge in [0.2, 0.25) is 17.7 Å². The highest BCUT2D eigenvalue weighted by molar-refractivity contribution is 5.88. The molecule has 118 valence electrons. The molecule has 0 aromatic heterocycles. The van der Waals surface area contributed by atoms with Crippen LogP contribution in [0.4, 0.5) is 0 Å². The van der Waals surface area contributed by atoms with E-state index in [4.69, 9.17) is 5.73 Å². The topological polar surface area (TPSA) is 105 Å². The van der Waals surface area contributed by atoms with E-state index in [1.165, 1.54) is 0 Å². The lowest BCUT2D eigenvalue weighted by molar-refractivity contribution is -0.135. The van der Waals surface area contributed by atoms with E-state index in [2.05, 4.69) is 10.6 Å². The summed E-state index contributed by atoms with van der Waals surface area (Å²) in [5, 5.41) is 5.42. The zero-order valence-electron chi connectivity index (χ0n) is 12.6. The minimum atomic E-state index is -0.609. The largest absolute Gasteiger partial charge is 0.354 e. The number of amides is 3. The van der Waals surface area contributed by atoms with Gasteiger partial charge in [0.1, 0.15) is 0 Å². The maximum atomic E-state index is 12.3. The van der Waals surface area contributed by atoms with Crippen LogP contribution in [-0.2, 0) is 14.4 Å². The highest BCUT2D eigenvalue weighted by atomic mass is 16.2. The summed E-state index contributed by atoms with van der Waals surface area (Å²) in [6.45, 7) is 4.16. The number of nitrogens with two attached hydrogens (primary N) is 1. The first-order chi connectivity index (χ1) is 9.90. The average Bonchev–Trinajstić information content (AvgIpc) is 2.74. The molecule has 7 nitrogen and oxygen atoms in total. The molecular weight excluding hydrogens is 272 g/mol. The molecule has 2 heterocycles. The Kier molecular flexibility index (Phi) is 4.82. The summed E-state index contributed by atoms with van der Waals surface area (Å²) in [7, 11) is 0. The Morgan fingerprint density at radius 1 is 1.38 bits per heavy atom. The molecule has 0 spiro atoms. The number of carbonyl (C=O) groups excluding carboxylic acids is 3. The third-order valence-corrected chi connectivity index (χ3v) is 4.30. The van der Waals surface area contributed by atoms with Gasteiger partial charge >= 0.3 is 0 Å². The summed E-state index contributed by atoms with van der Waals surface area (Å²) >= 11 is 0. The molecule has 2 fully saturated rings. The predicted octanol–water partition coefficient (Wildman–Crippen LogP) is -1.03. The summed E-state index contributed by atoms with van der Waals surface area (Å²) in [4.78, 5) is 37.4. The highest BCUT2D eigenvalue weighted by Gasteiger charge is 2.40. The standard InChI is InChI=1S/C14H24N4O3/c1-8(2)13(15)14(21)17-7-12(20)18-9-3-4-10(18)6-16-11(19)5-9/h8-10,13H,3-7,15H2,1-2H3,(H,16,19)(H,17,21)/t9?,10?,13-/m0/s1. The summed E-state index contributed by atoms with van der Waals surface area (Å²) in [6, 6.07) is -0.604. The molecule has 0 radical (unpaired) electrons. The molecule has 2 unspecified atom stereocenters. The van der Waals surface area contributed by atoms with E-state index in [-0.39, 0.29) is 42.3 Å². The molecule has 2 rings (SSSR count). The fraction of sp³-hybridized carbons (Fsp3) is 0.786. The minimum Gasteiger partial charge on any atom is -0.354 e. The number of nitrogens with one attached hydrogen (secondary N) is 2. The van der Waals surface area contributed by atoms with E-state index >= 15 is 0 Å². The first-order valence-electron chi connectivity index (χ1n) is 7.51. The number of hydrogen-bond acceptors (Lipinski definition) is 4. The molecule has 2 aliphatic rings. The van der Waals surface area contributed by atoms with Crippen LogP contribution < -0.4 is 16.4 Å². The summed E-state index contributed by atoms with van der Waals surface area (Å²) in [5.74, 6) is -0.430. The van der Waals surface area contributed by atoms with Crippen molar-refractivity contribution in [3.8, 4) is 0 Å². The quantitative estimate of drug-likeness (QED) is 0.616. The van der Waals surface area contributed by atoms with Crippen molar-refractivity contribution < 1.29 is 14.4 Å². The van der Waals surface area contributed by atoms with Gasteiger partial charge in [-0.1, -0.05) is 13.8 Å². The average molecular weight is 296 g/mol. The van der Waals surface area contributed by atoms with Crippen LogP contribution in [0, 0.1) is 5.92 Å². The number of carbonyl (C=O) groups is 3. The molecule has 4 N–H and O–H groups in total. The molecule has 3 atom stereocenters. The van der Waals surface area contributed by atoms with Crippen molar-refractivity contribution in [2.24, 2.45) is 11.7 Å². The molecule has 2 saturated heterocycles. The van der Waals surface area contributed by atoms with E-state index in [9.17, 15) is 14.4 Å². The Hall–Kier alpha value is -1.63. The van der Waals surface area contributed by atoms with Gasteiger partial charge in [-0.25, -0.2) is 0 Å². The van der Waals surface area contributed by atoms with Gasteiger partial charge in [0.25, 0.3) is 0 Å². The van der Waals surface area contributed by atoms with Gasteiger partial charge in [-0.05, 0) is 18.8 Å². The molecule has 0 saturated carbocycles. The van der Waals surface area contributed by atoms with Crippen LogP contribution in [-0.4, -0.2) is 53.8 Å². The summed E-state index contributed by atoms with van der Waals surface area (Å²) in [5.41, 5.74) is 5.74. The van der Waals surface area contributed by atoms with E-state index in [0.717, 1.165) is 12.8 Å². The maximum absolute atomic E-state index is 12.3. The first kappa shape index (κ1) is 15.8. The van der Waals surface area contributed by atoms with Gasteiger partial charge in [-0.2, -0.15) is 0 Å². The van der Waals surface area contributed by atoms with Crippen LogP contribution in [0.25, 0.3) is 0 Å². The Balaban J connectivity index is 1.91. The number of hydrogen-bond donors (Lipinski definition) is 3. The van der Waals surface area contributed by atoms with Crippen LogP contribution in [0.1, 0.15) is 33.1 Å². The zero-order valence-corrected chi connectivity index (χ0v) is 12.6. The SMILES string of the molecule is CC(C)[C@H](N)C(=O)NCC(=O)N1C2CCC1CC(=O)NC2. The third-order valence-electron chi connectivity index (χ3n) is 4.30. The van der Waals surface area contributed by atoms with Gasteiger partial charge in [0.15, 0.2) is 0 Å². The maximum Gasteiger partial charge on any atom is 0.242 e. The molecule has 0 aliphatic carbocycles. The smallest absolute Gasteiger partial charge is 0.242 e. The van der Waals surface area contributed by atoms with Crippen molar-refractivity contribution in [2.75, 3.05) is 13.1 Å². The normalized spacial score (nSPS) is 26.3. The van der Waals surface area contributed by atoms with Crippen molar-refractivity contribution in [1.82, 2.24) is 15.5 Å². The predicted molar refractivity (Wildman–Crippen MR) is 77.1 cm³/mol. The van der Waals surface area contributed by atoms with Crippen molar-refractivity contribution in [2.45, 2.75) is 51.2 Å². The van der Waals surface area contributed by atoms with E-state index in [1.54, 1.807) is 4.90 Å². The summed E-state index contributed by atoms with van der Waals surface area (Å²) < 4.78 is 0. The van der Waals surface area contributed by atoms with Crippen LogP contribution >= 0.6 is 0 Å². The molecule has 3 amide bonds. The lowest BCUT2D eigenvalue weighted by Gasteiger charge is -2.27. The zero-order chi connectivity index (χ0) is 15.6. The number of rotatable bonds is 4. The Morgan fingerprint density at radius 3 is 2.71 bits per heavy atom. The number of fused-ring (bicyclic) bond motifs is 2. The Morgan fingerprint density at radius 2 is 2.05 bits per heavy atom. The number of nitrogens with zero attached hydrogens (tertiary/aromatic N) is 1. The molecule has 0 aromatic carbocycles. The minimum absolute atomic E-state index is 0.00846. The summed E-state index contributed by atoms with van der Waals surface area (Å²) in [6.07, 6.45) is 2.10. The molecule has 7 heteroatoms. The van der Waals surface area contributed by atoms with Gasteiger partial charge in [0.05, 0.1) is 12.6 Å². The monoisotopic (exact) mass is 296 g/mol. The van der Waals surface area contributed by atoms with Gasteiger partial charge in [0, 0.05) is 25.0 Å². The fourth-order valence-electron chi connectivity index (χ4n) is 2.96. The Bertz CT molecular complexity index is 438. The van der Waals surface area contributed by atoms with E-state index < -0.39 is 6.04 Å². The second-order valence-electron chi connectivity index (χ2n) is 6.18. The van der Waals surface area contributed by atoms with Crippen LogP contribution in [0.3, 0.4) is 0 Å². The molecule has 21 heavy (non-hydrogen) atoms. The molecule has 2 aliphatic heterocycles. The molecular formula is C14H24N4O3. The lowest BCUT2D eigenvalue weighted by Crippen LogP contribution is -2.50. The van der Waals surface area contributed by atoms with Gasteiger partial charge < -0.3 is 21.3 Å². The van der Waals surface area contributed by atoms with Gasteiger partial charge in [-0.15, -0.1) is 0 Å². The molecule has 2 bridgehead atoms. The van der Waals surface area contributed by atoms with Crippen LogP contribution in [0.2, 0.25) is 0 Å². The van der Waals surface area contributed by atoms with Crippen LogP contribution in [0.15, 0.2) is 0 Å². The second-order valence-corrected chi connectivity index (χ2v) is 6.18. The van der Waals surface area contributed by atoms with E-state index in [0.29, 0.717) is 13.0 Å². The van der Waals surface area contributed by atoms with Crippen LogP contribution in [0.5, 0.6) is 0 Å². The van der Waals surface area contributed by atoms with Crippen molar-refractivity contribution >= 4 is 17.7 Å². The first-order valence-corrected chi connectivity index (χ1v) is 7.51. The van der Waals surface area contributed by atoms with Crippen molar-refractivity contribution in [1.29, 1.82) is 0 Å². The highest BCUT2D eigenvalue weighted by Crippen LogP contribution is 2.28. The van der Waals surface area contributed by atoms with Crippen molar-refractivity contribution in [3.63, 3.8) is 0 Å². The lowest BCUT2D eigenvalue weighted by atomic mass is 10.1.